The maximum absolute atomic E-state index is 2.48. The molecule has 382 valence electrons. The van der Waals surface area contributed by atoms with E-state index in [0.29, 0.717) is 0 Å². The third-order valence-electron chi connectivity index (χ3n) is 17.2. The minimum Gasteiger partial charge on any atom is -0.306 e. The van der Waals surface area contributed by atoms with Crippen molar-refractivity contribution in [1.29, 1.82) is 0 Å². The monoisotopic (exact) mass is 1040 g/mol. The summed E-state index contributed by atoms with van der Waals surface area (Å²) in [5, 5.41) is 14.5. The maximum atomic E-state index is 2.48. The maximum Gasteiger partial charge on any atom is 0.0703 e. The number of anilines is 12. The number of benzene rings is 15. The quantitative estimate of drug-likeness (QED) is 0.154. The number of para-hydroxylation sites is 8. The molecule has 2 aliphatic rings. The van der Waals surface area contributed by atoms with Gasteiger partial charge in [0.25, 0.3) is 0 Å². The van der Waals surface area contributed by atoms with E-state index in [-0.39, 0.29) is 0 Å². The molecular formula is C78H50N4. The summed E-state index contributed by atoms with van der Waals surface area (Å²) in [5.41, 5.74) is 18.2. The Morgan fingerprint density at radius 2 is 0.427 bits per heavy atom. The van der Waals surface area contributed by atoms with Crippen LogP contribution in [-0.4, -0.2) is 0 Å². The molecule has 15 aromatic carbocycles. The van der Waals surface area contributed by atoms with Crippen molar-refractivity contribution >= 4 is 133 Å². The van der Waals surface area contributed by atoms with Crippen molar-refractivity contribution in [3.63, 3.8) is 0 Å². The zero-order valence-electron chi connectivity index (χ0n) is 44.7. The molecule has 0 fully saturated rings. The predicted octanol–water partition coefficient (Wildman–Crippen LogP) is 22.4. The van der Waals surface area contributed by atoms with Gasteiger partial charge >= 0.3 is 0 Å². The zero-order valence-corrected chi connectivity index (χ0v) is 44.7. The van der Waals surface area contributed by atoms with Crippen LogP contribution in [-0.2, 0) is 0 Å². The molecule has 0 saturated carbocycles. The number of hydrogen-bond acceptors (Lipinski definition) is 4. The lowest BCUT2D eigenvalue weighted by Crippen LogP contribution is -2.24. The van der Waals surface area contributed by atoms with Crippen molar-refractivity contribution in [3.05, 3.63) is 303 Å². The number of fused-ring (bicyclic) bond motifs is 10. The van der Waals surface area contributed by atoms with Gasteiger partial charge in [0.1, 0.15) is 0 Å². The second-order valence-electron chi connectivity index (χ2n) is 21.6. The van der Waals surface area contributed by atoms with Crippen LogP contribution in [0.4, 0.5) is 68.2 Å². The van der Waals surface area contributed by atoms with Crippen LogP contribution in [0.3, 0.4) is 0 Å². The zero-order chi connectivity index (χ0) is 53.8. The van der Waals surface area contributed by atoms with E-state index in [0.717, 1.165) is 68.2 Å². The van der Waals surface area contributed by atoms with Crippen molar-refractivity contribution in [2.75, 3.05) is 19.6 Å². The van der Waals surface area contributed by atoms with Gasteiger partial charge in [-0.2, -0.15) is 0 Å². The highest BCUT2D eigenvalue weighted by atomic mass is 15.3. The van der Waals surface area contributed by atoms with E-state index in [4.69, 9.17) is 0 Å². The van der Waals surface area contributed by atoms with Gasteiger partial charge in [-0.15, -0.1) is 0 Å². The van der Waals surface area contributed by atoms with Crippen LogP contribution in [0.5, 0.6) is 0 Å². The van der Waals surface area contributed by atoms with Crippen LogP contribution in [0.15, 0.2) is 303 Å². The lowest BCUT2D eigenvalue weighted by atomic mass is 9.83. The molecule has 2 heterocycles. The Labute approximate surface area is 475 Å². The average molecular weight is 1040 g/mol. The number of rotatable bonds is 6. The van der Waals surface area contributed by atoms with Gasteiger partial charge in [-0.05, 0) is 184 Å². The molecule has 4 nitrogen and oxygen atoms in total. The fourth-order valence-electron chi connectivity index (χ4n) is 13.6. The van der Waals surface area contributed by atoms with Gasteiger partial charge in [-0.3, -0.25) is 0 Å². The van der Waals surface area contributed by atoms with Crippen molar-refractivity contribution in [2.45, 2.75) is 0 Å². The predicted molar refractivity (Wildman–Crippen MR) is 348 cm³/mol. The molecule has 0 saturated heterocycles. The largest absolute Gasteiger partial charge is 0.306 e. The fourth-order valence-corrected chi connectivity index (χ4v) is 13.6. The average Bonchev–Trinajstić information content (AvgIpc) is 1.68. The van der Waals surface area contributed by atoms with E-state index >= 15 is 0 Å². The van der Waals surface area contributed by atoms with Crippen LogP contribution >= 0.6 is 0 Å². The van der Waals surface area contributed by atoms with E-state index in [2.05, 4.69) is 323 Å². The Morgan fingerprint density at radius 1 is 0.159 bits per heavy atom. The first-order valence-electron chi connectivity index (χ1n) is 28.2. The minimum atomic E-state index is 1.09. The van der Waals surface area contributed by atoms with Crippen LogP contribution in [0.2, 0.25) is 0 Å². The first kappa shape index (κ1) is 46.0. The molecule has 0 N–H and O–H groups in total. The van der Waals surface area contributed by atoms with Gasteiger partial charge in [0.05, 0.1) is 45.5 Å². The Kier molecular flexibility index (Phi) is 10.3. The second kappa shape index (κ2) is 18.3. The third kappa shape index (κ3) is 7.05. The first-order valence-corrected chi connectivity index (χ1v) is 28.2. The molecular weight excluding hydrogens is 993 g/mol. The highest BCUT2D eigenvalue weighted by molar-refractivity contribution is 6.26. The van der Waals surface area contributed by atoms with Gasteiger partial charge in [-0.1, -0.05) is 206 Å². The van der Waals surface area contributed by atoms with Crippen molar-refractivity contribution < 1.29 is 0 Å². The van der Waals surface area contributed by atoms with Gasteiger partial charge < -0.3 is 19.6 Å². The van der Waals surface area contributed by atoms with Gasteiger partial charge in [0.15, 0.2) is 0 Å². The lowest BCUT2D eigenvalue weighted by molar-refractivity contribution is 1.17. The van der Waals surface area contributed by atoms with E-state index in [1.807, 2.05) is 0 Å². The van der Waals surface area contributed by atoms with Gasteiger partial charge in [0.2, 0.25) is 0 Å². The lowest BCUT2D eigenvalue weighted by Gasteiger charge is -2.40. The van der Waals surface area contributed by atoms with Crippen LogP contribution in [0.1, 0.15) is 0 Å². The SMILES string of the molecule is c1ccc2c(c1)N(c1ccc3ccccc3c1)c1ccccc1N2c1ccc2c(-c3cccc4ccccc34)c3cc(N4c5ccccc5N(c5ccc6ccccc6c5)c5ccccc54)ccc3c(-c3cccc4ccccc34)c2c1. The fraction of sp³-hybridized carbons (Fsp3) is 0. The van der Waals surface area contributed by atoms with Gasteiger partial charge in [-0.25, -0.2) is 0 Å². The summed E-state index contributed by atoms with van der Waals surface area (Å²) in [6.45, 7) is 0. The summed E-state index contributed by atoms with van der Waals surface area (Å²) >= 11 is 0. The topological polar surface area (TPSA) is 13.0 Å². The molecule has 82 heavy (non-hydrogen) atoms. The minimum absolute atomic E-state index is 1.09. The normalized spacial score (nSPS) is 12.8. The molecule has 0 unspecified atom stereocenters. The molecule has 4 heteroatoms. The Hall–Kier alpha value is -10.9. The van der Waals surface area contributed by atoms with Gasteiger partial charge in [0, 0.05) is 22.7 Å². The van der Waals surface area contributed by atoms with Crippen molar-refractivity contribution in [2.24, 2.45) is 0 Å². The highest BCUT2D eigenvalue weighted by Crippen LogP contribution is 2.58. The second-order valence-corrected chi connectivity index (χ2v) is 21.6. The van der Waals surface area contributed by atoms with E-state index in [1.54, 1.807) is 0 Å². The van der Waals surface area contributed by atoms with Crippen LogP contribution in [0.25, 0.3) is 86.9 Å². The van der Waals surface area contributed by atoms with E-state index in [1.165, 1.54) is 86.9 Å². The third-order valence-corrected chi connectivity index (χ3v) is 17.2. The summed E-state index contributed by atoms with van der Waals surface area (Å²) in [7, 11) is 0. The first-order chi connectivity index (χ1) is 40.7. The van der Waals surface area contributed by atoms with Crippen LogP contribution < -0.4 is 19.6 Å². The molecule has 15 aromatic rings. The molecule has 0 spiro atoms. The summed E-state index contributed by atoms with van der Waals surface area (Å²) in [6.07, 6.45) is 0. The van der Waals surface area contributed by atoms with Crippen molar-refractivity contribution in [3.8, 4) is 22.3 Å². The molecule has 0 atom stereocenters. The van der Waals surface area contributed by atoms with E-state index in [9.17, 15) is 0 Å². The Bertz CT molecular complexity index is 4690. The summed E-state index contributed by atoms with van der Waals surface area (Å²) < 4.78 is 0. The molecule has 2 aliphatic heterocycles. The molecule has 0 aromatic heterocycles. The van der Waals surface area contributed by atoms with Crippen molar-refractivity contribution in [1.82, 2.24) is 0 Å². The summed E-state index contributed by atoms with van der Waals surface area (Å²) in [5.74, 6) is 0. The molecule has 0 radical (unpaired) electrons. The highest BCUT2D eigenvalue weighted by Gasteiger charge is 2.33. The molecule has 17 rings (SSSR count). The molecule has 0 aliphatic carbocycles. The standard InChI is InChI=1S/C78H50N4/c1-3-23-55-47-57(41-39-51(55)19-1)79-69-31-9-13-35-73(69)81(74-36-14-10-32-70(74)79)59-43-45-65-67(49-59)77(63-29-17-25-53-21-5-7-27-61(53)63)66-46-44-60(50-68(66)78(65)64-30-18-26-54-22-6-8-28-62(54)64)82-75-37-15-11-33-71(75)80(72-34-12-16-38-76(72)82)58-42-40-52-20-2-4-24-56(52)48-58/h1-50H. The summed E-state index contributed by atoms with van der Waals surface area (Å²) in [4.78, 5) is 9.82. The number of hydrogen-bond donors (Lipinski definition) is 0. The smallest absolute Gasteiger partial charge is 0.0703 e. The molecule has 0 amide bonds. The Morgan fingerprint density at radius 3 is 0.780 bits per heavy atom. The van der Waals surface area contributed by atoms with Crippen LogP contribution in [0, 0.1) is 0 Å². The number of nitrogens with zero attached hydrogens (tertiary/aromatic N) is 4. The van der Waals surface area contributed by atoms with E-state index < -0.39 is 0 Å². The Balaban J connectivity index is 0.936. The summed E-state index contributed by atoms with van der Waals surface area (Å²) in [6, 6.07) is 112. The molecule has 0 bridgehead atoms.